The summed E-state index contributed by atoms with van der Waals surface area (Å²) in [7, 11) is 0. The van der Waals surface area contributed by atoms with Crippen molar-refractivity contribution in [3.05, 3.63) is 12.2 Å². The maximum atomic E-state index is 11.2. The summed E-state index contributed by atoms with van der Waals surface area (Å²) < 4.78 is 0. The van der Waals surface area contributed by atoms with Crippen molar-refractivity contribution in [1.29, 1.82) is 0 Å². The molecule has 0 aromatic heterocycles. The Bertz CT molecular complexity index is 258. The number of hydrogen-bond donors (Lipinski definition) is 1. The molecule has 1 aliphatic rings. The van der Waals surface area contributed by atoms with Crippen molar-refractivity contribution in [1.82, 2.24) is 5.32 Å². The number of thioether (sulfide) groups is 3. The van der Waals surface area contributed by atoms with Gasteiger partial charge in [-0.15, -0.1) is 11.8 Å². The van der Waals surface area contributed by atoms with E-state index < -0.39 is 0 Å². The average Bonchev–Trinajstić information content (AvgIpc) is 2.20. The van der Waals surface area contributed by atoms with Crippen molar-refractivity contribution in [3.8, 4) is 0 Å². The fraction of sp³-hybridized carbons (Fsp3) is 0.727. The van der Waals surface area contributed by atoms with E-state index in [0.29, 0.717) is 5.25 Å². The molecule has 1 N–H and O–H groups in total. The highest BCUT2D eigenvalue weighted by Crippen LogP contribution is 2.30. The molecule has 5 heteroatoms. The van der Waals surface area contributed by atoms with E-state index in [1.165, 1.54) is 5.57 Å². The first-order valence-corrected chi connectivity index (χ1v) is 8.63. The van der Waals surface area contributed by atoms with Crippen LogP contribution in [-0.2, 0) is 4.79 Å². The quantitative estimate of drug-likeness (QED) is 0.803. The van der Waals surface area contributed by atoms with Crippen molar-refractivity contribution < 1.29 is 4.79 Å². The van der Waals surface area contributed by atoms with Gasteiger partial charge >= 0.3 is 0 Å². The number of carbonyl (C=O) groups is 1. The summed E-state index contributed by atoms with van der Waals surface area (Å²) >= 11 is 5.69. The molecule has 2 nitrogen and oxygen atoms in total. The van der Waals surface area contributed by atoms with E-state index in [2.05, 4.69) is 18.8 Å². The molecule has 2 atom stereocenters. The Morgan fingerprint density at radius 3 is 3.00 bits per heavy atom. The van der Waals surface area contributed by atoms with Gasteiger partial charge in [-0.2, -0.15) is 23.5 Å². The minimum absolute atomic E-state index is 0.0652. The van der Waals surface area contributed by atoms with Crippen LogP contribution in [0.3, 0.4) is 0 Å². The Kier molecular flexibility index (Phi) is 6.77. The smallest absolute Gasteiger partial charge is 0.217 e. The van der Waals surface area contributed by atoms with E-state index in [4.69, 9.17) is 0 Å². The van der Waals surface area contributed by atoms with Crippen molar-refractivity contribution in [3.63, 3.8) is 0 Å². The molecule has 0 bridgehead atoms. The molecule has 2 unspecified atom stereocenters. The zero-order valence-corrected chi connectivity index (χ0v) is 12.3. The maximum Gasteiger partial charge on any atom is 0.217 e. The lowest BCUT2D eigenvalue weighted by molar-refractivity contribution is -0.119. The summed E-state index contributed by atoms with van der Waals surface area (Å²) in [6.07, 6.45) is 0. The summed E-state index contributed by atoms with van der Waals surface area (Å²) in [5.41, 5.74) is 1.27. The first kappa shape index (κ1) is 14.3. The van der Waals surface area contributed by atoms with Gasteiger partial charge in [-0.3, -0.25) is 4.79 Å². The predicted molar refractivity (Wildman–Crippen MR) is 78.4 cm³/mol. The highest BCUT2D eigenvalue weighted by atomic mass is 32.2. The second kappa shape index (κ2) is 7.56. The second-order valence-electron chi connectivity index (χ2n) is 3.69. The first-order chi connectivity index (χ1) is 7.63. The van der Waals surface area contributed by atoms with Crippen LogP contribution in [0.4, 0.5) is 0 Å². The SMILES string of the molecule is C=C1CSCC(SCC)C(NC(C)=O)SC1. The number of amides is 1. The fourth-order valence-electron chi connectivity index (χ4n) is 1.45. The molecule has 1 fully saturated rings. The number of rotatable bonds is 3. The van der Waals surface area contributed by atoms with Crippen molar-refractivity contribution in [2.75, 3.05) is 23.0 Å². The molecule has 0 saturated carbocycles. The van der Waals surface area contributed by atoms with E-state index in [1.807, 2.05) is 35.3 Å². The van der Waals surface area contributed by atoms with Gasteiger partial charge in [0.15, 0.2) is 0 Å². The van der Waals surface area contributed by atoms with E-state index >= 15 is 0 Å². The largest absolute Gasteiger partial charge is 0.343 e. The van der Waals surface area contributed by atoms with Crippen LogP contribution in [0.2, 0.25) is 0 Å². The third-order valence-corrected chi connectivity index (χ3v) is 6.29. The van der Waals surface area contributed by atoms with Gasteiger partial charge in [0.25, 0.3) is 0 Å². The average molecular weight is 277 g/mol. The molecule has 0 spiro atoms. The molecule has 1 aliphatic heterocycles. The lowest BCUT2D eigenvalue weighted by atomic mass is 10.4. The van der Waals surface area contributed by atoms with Crippen LogP contribution in [0.5, 0.6) is 0 Å². The zero-order chi connectivity index (χ0) is 12.0. The summed E-state index contributed by atoms with van der Waals surface area (Å²) in [4.78, 5) is 11.2. The van der Waals surface area contributed by atoms with Crippen LogP contribution >= 0.6 is 35.3 Å². The summed E-state index contributed by atoms with van der Waals surface area (Å²) in [5, 5.41) is 3.79. The molecule has 0 aromatic carbocycles. The minimum atomic E-state index is 0.0652. The third-order valence-electron chi connectivity index (χ3n) is 2.12. The van der Waals surface area contributed by atoms with Gasteiger partial charge in [-0.05, 0) is 5.75 Å². The van der Waals surface area contributed by atoms with E-state index in [9.17, 15) is 4.79 Å². The van der Waals surface area contributed by atoms with Crippen LogP contribution in [0.1, 0.15) is 13.8 Å². The number of nitrogens with one attached hydrogen (secondary N) is 1. The molecule has 0 aliphatic carbocycles. The van der Waals surface area contributed by atoms with Gasteiger partial charge in [0, 0.05) is 29.4 Å². The van der Waals surface area contributed by atoms with Crippen LogP contribution in [0.25, 0.3) is 0 Å². The van der Waals surface area contributed by atoms with Crippen LogP contribution in [0.15, 0.2) is 12.2 Å². The van der Waals surface area contributed by atoms with E-state index in [0.717, 1.165) is 23.0 Å². The molecule has 1 saturated heterocycles. The summed E-state index contributed by atoms with van der Waals surface area (Å²) in [5.74, 6) is 4.27. The highest BCUT2D eigenvalue weighted by molar-refractivity contribution is 8.06. The lowest BCUT2D eigenvalue weighted by Crippen LogP contribution is -2.40. The number of carbonyl (C=O) groups excluding carboxylic acids is 1. The van der Waals surface area contributed by atoms with Crippen molar-refractivity contribution in [2.45, 2.75) is 24.5 Å². The molecular weight excluding hydrogens is 258 g/mol. The van der Waals surface area contributed by atoms with Gasteiger partial charge in [0.1, 0.15) is 0 Å². The Morgan fingerprint density at radius 1 is 1.62 bits per heavy atom. The lowest BCUT2D eigenvalue weighted by Gasteiger charge is -2.29. The Hall–Kier alpha value is 0.260. The summed E-state index contributed by atoms with van der Waals surface area (Å²) in [6.45, 7) is 7.80. The predicted octanol–water partition coefficient (Wildman–Crippen LogP) is 2.61. The second-order valence-corrected chi connectivity index (χ2v) is 7.37. The van der Waals surface area contributed by atoms with Gasteiger partial charge in [-0.25, -0.2) is 0 Å². The topological polar surface area (TPSA) is 29.1 Å². The molecule has 1 amide bonds. The van der Waals surface area contributed by atoms with Crippen molar-refractivity contribution >= 4 is 41.2 Å². The van der Waals surface area contributed by atoms with Crippen LogP contribution in [-0.4, -0.2) is 39.5 Å². The van der Waals surface area contributed by atoms with Gasteiger partial charge in [0.05, 0.1) is 5.37 Å². The minimum Gasteiger partial charge on any atom is -0.343 e. The molecule has 0 aromatic rings. The molecule has 1 heterocycles. The standard InChI is InChI=1S/C11H19NOS3/c1-4-15-10-7-14-5-8(2)6-16-11(10)12-9(3)13/h10-11H,2,4-7H2,1,3H3,(H,12,13). The van der Waals surface area contributed by atoms with E-state index in [-0.39, 0.29) is 11.3 Å². The van der Waals surface area contributed by atoms with Crippen molar-refractivity contribution in [2.24, 2.45) is 0 Å². The molecule has 1 rings (SSSR count). The molecule has 0 radical (unpaired) electrons. The first-order valence-electron chi connectivity index (χ1n) is 5.38. The van der Waals surface area contributed by atoms with E-state index in [1.54, 1.807) is 6.92 Å². The Morgan fingerprint density at radius 2 is 2.38 bits per heavy atom. The fourth-order valence-corrected chi connectivity index (χ4v) is 5.53. The molecular formula is C11H19NOS3. The number of hydrogen-bond acceptors (Lipinski definition) is 4. The monoisotopic (exact) mass is 277 g/mol. The van der Waals surface area contributed by atoms with Gasteiger partial charge in [-0.1, -0.05) is 19.1 Å². The zero-order valence-electron chi connectivity index (χ0n) is 9.82. The van der Waals surface area contributed by atoms with Gasteiger partial charge < -0.3 is 5.32 Å². The molecule has 16 heavy (non-hydrogen) atoms. The maximum absolute atomic E-state index is 11.2. The molecule has 92 valence electrons. The van der Waals surface area contributed by atoms with Crippen LogP contribution in [0, 0.1) is 0 Å². The Balaban J connectivity index is 2.60. The normalized spacial score (nSPS) is 27.0. The van der Waals surface area contributed by atoms with Crippen LogP contribution < -0.4 is 5.32 Å². The highest BCUT2D eigenvalue weighted by Gasteiger charge is 2.24. The Labute approximate surface area is 111 Å². The van der Waals surface area contributed by atoms with Gasteiger partial charge in [0.2, 0.25) is 5.91 Å². The summed E-state index contributed by atoms with van der Waals surface area (Å²) in [6, 6.07) is 0. The third kappa shape index (κ3) is 5.06.